The van der Waals surface area contributed by atoms with Gasteiger partial charge in [0.2, 0.25) is 0 Å². The summed E-state index contributed by atoms with van der Waals surface area (Å²) in [6, 6.07) is 5.87. The lowest BCUT2D eigenvalue weighted by Crippen LogP contribution is -2.14. The highest BCUT2D eigenvalue weighted by Crippen LogP contribution is 2.34. The van der Waals surface area contributed by atoms with Gasteiger partial charge in [-0.1, -0.05) is 15.9 Å². The van der Waals surface area contributed by atoms with Crippen LogP contribution in [0.15, 0.2) is 28.9 Å². The Labute approximate surface area is 109 Å². The molecule has 4 heteroatoms. The monoisotopic (exact) mass is 292 g/mol. The number of likely N-dealkylation sites (tertiary alicyclic amines) is 1. The molecule has 2 aliphatic rings. The Hall–Kier alpha value is -1.29. The fraction of sp³-hybridized carbons (Fsp3) is 0.308. The first kappa shape index (κ1) is 10.8. The van der Waals surface area contributed by atoms with Gasteiger partial charge < -0.3 is 10.2 Å². The predicted octanol–water partition coefficient (Wildman–Crippen LogP) is 2.84. The van der Waals surface area contributed by atoms with Crippen molar-refractivity contribution in [2.75, 3.05) is 18.4 Å². The molecule has 2 heterocycles. The van der Waals surface area contributed by atoms with E-state index in [2.05, 4.69) is 26.1 Å². The number of fused-ring (bicyclic) bond motifs is 1. The third-order valence-electron chi connectivity index (χ3n) is 3.22. The molecule has 1 aromatic carbocycles. The fourth-order valence-electron chi connectivity index (χ4n) is 2.34. The topological polar surface area (TPSA) is 32.3 Å². The summed E-state index contributed by atoms with van der Waals surface area (Å²) >= 11 is 3.45. The van der Waals surface area contributed by atoms with E-state index in [1.54, 1.807) is 0 Å². The molecule has 3 rings (SSSR count). The minimum absolute atomic E-state index is 0.00463. The maximum absolute atomic E-state index is 11.9. The van der Waals surface area contributed by atoms with Gasteiger partial charge in [-0.25, -0.2) is 0 Å². The largest absolute Gasteiger partial charge is 0.377 e. The third-order valence-corrected chi connectivity index (χ3v) is 3.71. The van der Waals surface area contributed by atoms with Gasteiger partial charge in [-0.15, -0.1) is 0 Å². The van der Waals surface area contributed by atoms with Crippen LogP contribution in [-0.4, -0.2) is 23.9 Å². The second-order valence-electron chi connectivity index (χ2n) is 4.43. The van der Waals surface area contributed by atoms with Crippen molar-refractivity contribution in [1.29, 1.82) is 0 Å². The molecule has 0 aromatic heterocycles. The van der Waals surface area contributed by atoms with Gasteiger partial charge in [0, 0.05) is 35.0 Å². The first-order valence-corrected chi connectivity index (χ1v) is 6.60. The summed E-state index contributed by atoms with van der Waals surface area (Å²) in [4.78, 5) is 14.1. The van der Waals surface area contributed by atoms with Gasteiger partial charge in [0.25, 0.3) is 5.91 Å². The summed E-state index contributed by atoms with van der Waals surface area (Å²) in [7, 11) is 0. The summed E-state index contributed by atoms with van der Waals surface area (Å²) in [6.07, 6.45) is 4.44. The SMILES string of the molecule is O=C1Nc2ccc(Br)cc2/C1=C\N1CCCC1. The molecular formula is C13H13BrN2O. The Morgan fingerprint density at radius 3 is 2.82 bits per heavy atom. The van der Waals surface area contributed by atoms with Crippen LogP contribution in [-0.2, 0) is 4.79 Å². The van der Waals surface area contributed by atoms with E-state index < -0.39 is 0 Å². The number of nitrogens with zero attached hydrogens (tertiary/aromatic N) is 1. The fourth-order valence-corrected chi connectivity index (χ4v) is 2.70. The van der Waals surface area contributed by atoms with Crippen LogP contribution in [0.3, 0.4) is 0 Å². The van der Waals surface area contributed by atoms with Crippen molar-refractivity contribution in [3.8, 4) is 0 Å². The van der Waals surface area contributed by atoms with Crippen molar-refractivity contribution in [2.24, 2.45) is 0 Å². The summed E-state index contributed by atoms with van der Waals surface area (Å²) in [5, 5.41) is 2.89. The maximum atomic E-state index is 11.9. The van der Waals surface area contributed by atoms with Gasteiger partial charge in [-0.05, 0) is 31.0 Å². The highest BCUT2D eigenvalue weighted by molar-refractivity contribution is 9.10. The van der Waals surface area contributed by atoms with Crippen molar-refractivity contribution in [3.63, 3.8) is 0 Å². The van der Waals surface area contributed by atoms with Crippen LogP contribution < -0.4 is 5.32 Å². The van der Waals surface area contributed by atoms with Crippen molar-refractivity contribution in [2.45, 2.75) is 12.8 Å². The Kier molecular flexibility index (Phi) is 2.67. The van der Waals surface area contributed by atoms with Crippen LogP contribution in [0.2, 0.25) is 0 Å². The summed E-state index contributed by atoms with van der Waals surface area (Å²) in [5.41, 5.74) is 2.68. The molecule has 0 aliphatic carbocycles. The molecule has 1 aromatic rings. The molecular weight excluding hydrogens is 280 g/mol. The van der Waals surface area contributed by atoms with Crippen LogP contribution in [0.4, 0.5) is 5.69 Å². The maximum Gasteiger partial charge on any atom is 0.257 e. The quantitative estimate of drug-likeness (QED) is 0.808. The number of carbonyl (C=O) groups excluding carboxylic acids is 1. The van der Waals surface area contributed by atoms with Gasteiger partial charge in [-0.2, -0.15) is 0 Å². The van der Waals surface area contributed by atoms with E-state index in [-0.39, 0.29) is 5.91 Å². The summed E-state index contributed by atoms with van der Waals surface area (Å²) in [6.45, 7) is 2.11. The van der Waals surface area contributed by atoms with E-state index in [9.17, 15) is 4.79 Å². The van der Waals surface area contributed by atoms with Crippen LogP contribution in [0.1, 0.15) is 18.4 Å². The number of halogens is 1. The highest BCUT2D eigenvalue weighted by Gasteiger charge is 2.25. The first-order valence-electron chi connectivity index (χ1n) is 5.81. The lowest BCUT2D eigenvalue weighted by atomic mass is 10.1. The zero-order valence-electron chi connectivity index (χ0n) is 9.37. The number of amides is 1. The van der Waals surface area contributed by atoms with Gasteiger partial charge in [0.05, 0.1) is 5.57 Å². The summed E-state index contributed by atoms with van der Waals surface area (Å²) in [5.74, 6) is 0.00463. The minimum atomic E-state index is 0.00463. The molecule has 0 bridgehead atoms. The molecule has 1 saturated heterocycles. The second-order valence-corrected chi connectivity index (χ2v) is 5.35. The molecule has 2 aliphatic heterocycles. The number of nitrogens with one attached hydrogen (secondary N) is 1. The standard InChI is InChI=1S/C13H13BrN2O/c14-9-3-4-12-10(7-9)11(13(17)15-12)8-16-5-1-2-6-16/h3-4,7-8H,1-2,5-6H2,(H,15,17)/b11-8+. The molecule has 1 amide bonds. The molecule has 17 heavy (non-hydrogen) atoms. The average molecular weight is 293 g/mol. The number of carbonyl (C=O) groups is 1. The Bertz CT molecular complexity index is 504. The van der Waals surface area contributed by atoms with Crippen LogP contribution >= 0.6 is 15.9 Å². The number of anilines is 1. The lowest BCUT2D eigenvalue weighted by molar-refractivity contribution is -0.110. The number of hydrogen-bond donors (Lipinski definition) is 1. The van der Waals surface area contributed by atoms with E-state index in [0.717, 1.165) is 34.4 Å². The van der Waals surface area contributed by atoms with Gasteiger partial charge in [0.15, 0.2) is 0 Å². The molecule has 88 valence electrons. The molecule has 0 radical (unpaired) electrons. The first-order chi connectivity index (χ1) is 8.24. The molecule has 0 spiro atoms. The third kappa shape index (κ3) is 1.97. The smallest absolute Gasteiger partial charge is 0.257 e. The second kappa shape index (κ2) is 4.18. The molecule has 0 saturated carbocycles. The normalized spacial score (nSPS) is 20.9. The highest BCUT2D eigenvalue weighted by atomic mass is 79.9. The average Bonchev–Trinajstić information content (AvgIpc) is 2.90. The number of hydrogen-bond acceptors (Lipinski definition) is 2. The van der Waals surface area contributed by atoms with E-state index in [1.165, 1.54) is 12.8 Å². The molecule has 3 nitrogen and oxygen atoms in total. The van der Waals surface area contributed by atoms with Gasteiger partial charge >= 0.3 is 0 Å². The van der Waals surface area contributed by atoms with Crippen molar-refractivity contribution in [1.82, 2.24) is 4.90 Å². The zero-order valence-corrected chi connectivity index (χ0v) is 11.0. The van der Waals surface area contributed by atoms with Gasteiger partial charge in [0.1, 0.15) is 0 Å². The Morgan fingerprint density at radius 1 is 1.29 bits per heavy atom. The Balaban J connectivity index is 2.00. The minimum Gasteiger partial charge on any atom is -0.377 e. The predicted molar refractivity (Wildman–Crippen MR) is 71.6 cm³/mol. The van der Waals surface area contributed by atoms with E-state index in [4.69, 9.17) is 0 Å². The molecule has 1 N–H and O–H groups in total. The molecule has 1 fully saturated rings. The van der Waals surface area contributed by atoms with E-state index in [0.29, 0.717) is 0 Å². The van der Waals surface area contributed by atoms with Crippen molar-refractivity contribution in [3.05, 3.63) is 34.4 Å². The lowest BCUT2D eigenvalue weighted by Gasteiger charge is -2.12. The van der Waals surface area contributed by atoms with Crippen LogP contribution in [0.25, 0.3) is 5.57 Å². The van der Waals surface area contributed by atoms with Crippen molar-refractivity contribution >= 4 is 33.1 Å². The van der Waals surface area contributed by atoms with Gasteiger partial charge in [-0.3, -0.25) is 4.79 Å². The van der Waals surface area contributed by atoms with Crippen molar-refractivity contribution < 1.29 is 4.79 Å². The van der Waals surface area contributed by atoms with Crippen LogP contribution in [0, 0.1) is 0 Å². The molecule has 0 atom stereocenters. The van der Waals surface area contributed by atoms with E-state index in [1.807, 2.05) is 24.4 Å². The van der Waals surface area contributed by atoms with E-state index >= 15 is 0 Å². The number of rotatable bonds is 1. The van der Waals surface area contributed by atoms with Crippen LogP contribution in [0.5, 0.6) is 0 Å². The number of benzene rings is 1. The molecule has 0 unspecified atom stereocenters. The summed E-state index contributed by atoms with van der Waals surface area (Å²) < 4.78 is 1.00. The Morgan fingerprint density at radius 2 is 2.06 bits per heavy atom. The zero-order chi connectivity index (χ0) is 11.8.